The highest BCUT2D eigenvalue weighted by atomic mass is 19.4. The van der Waals surface area contributed by atoms with Gasteiger partial charge in [-0.1, -0.05) is 61.9 Å². The highest BCUT2D eigenvalue weighted by Gasteiger charge is 2.38. The number of alkyl halides is 6. The van der Waals surface area contributed by atoms with E-state index in [1.165, 1.54) is 0 Å². The standard InChI is InChI=1S/C32H31F6N3O2/c1-2-3-14-41(30(43)24-16-25(31(33,34)35)18-26(17-24)32(36,37)38)21-29(42)40(20-22-9-5-4-6-10-22)15-13-23-19-39-28-12-8-7-11-27(23)28/h4-12,16-19,39H,2-3,13-15,20-21H2,1H3. The van der Waals surface area contributed by atoms with Gasteiger partial charge >= 0.3 is 12.4 Å². The van der Waals surface area contributed by atoms with Gasteiger partial charge in [-0.2, -0.15) is 26.3 Å². The summed E-state index contributed by atoms with van der Waals surface area (Å²) in [6.07, 6.45) is -6.88. The van der Waals surface area contributed by atoms with Crippen molar-refractivity contribution >= 4 is 22.7 Å². The number of hydrogen-bond donors (Lipinski definition) is 1. The lowest BCUT2D eigenvalue weighted by Crippen LogP contribution is -2.44. The summed E-state index contributed by atoms with van der Waals surface area (Å²) in [6.45, 7) is 1.78. The molecule has 4 aromatic rings. The molecule has 0 radical (unpaired) electrons. The highest BCUT2D eigenvalue weighted by Crippen LogP contribution is 2.36. The van der Waals surface area contributed by atoms with Crippen LogP contribution in [0.3, 0.4) is 0 Å². The lowest BCUT2D eigenvalue weighted by molar-refractivity contribution is -0.143. The molecule has 1 heterocycles. The number of H-pyrrole nitrogens is 1. The van der Waals surface area contributed by atoms with Crippen LogP contribution in [0.2, 0.25) is 0 Å². The smallest absolute Gasteiger partial charge is 0.361 e. The van der Waals surface area contributed by atoms with E-state index in [0.717, 1.165) is 26.9 Å². The van der Waals surface area contributed by atoms with Crippen molar-refractivity contribution in [3.63, 3.8) is 0 Å². The molecule has 11 heteroatoms. The number of unbranched alkanes of at least 4 members (excludes halogenated alkanes) is 1. The summed E-state index contributed by atoms with van der Waals surface area (Å²) >= 11 is 0. The summed E-state index contributed by atoms with van der Waals surface area (Å²) in [6, 6.07) is 17.6. The zero-order valence-corrected chi connectivity index (χ0v) is 23.4. The molecule has 0 atom stereocenters. The number of carbonyl (C=O) groups is 2. The summed E-state index contributed by atoms with van der Waals surface area (Å²) in [5, 5.41) is 0.999. The monoisotopic (exact) mass is 603 g/mol. The predicted molar refractivity (Wildman–Crippen MR) is 151 cm³/mol. The quantitative estimate of drug-likeness (QED) is 0.179. The Labute approximate surface area is 245 Å². The van der Waals surface area contributed by atoms with Crippen molar-refractivity contribution in [2.24, 2.45) is 0 Å². The topological polar surface area (TPSA) is 56.4 Å². The Hall–Kier alpha value is -4.28. The minimum absolute atomic E-state index is 0.0136. The molecule has 0 spiro atoms. The molecular weight excluding hydrogens is 572 g/mol. The van der Waals surface area contributed by atoms with Crippen LogP contribution in [0.1, 0.15) is 52.4 Å². The number of rotatable bonds is 11. The molecule has 3 aromatic carbocycles. The van der Waals surface area contributed by atoms with Gasteiger partial charge in [-0.25, -0.2) is 0 Å². The van der Waals surface area contributed by atoms with E-state index in [2.05, 4.69) is 4.98 Å². The molecule has 43 heavy (non-hydrogen) atoms. The van der Waals surface area contributed by atoms with Crippen LogP contribution in [-0.2, 0) is 30.1 Å². The van der Waals surface area contributed by atoms with Crippen LogP contribution in [-0.4, -0.2) is 46.2 Å². The fourth-order valence-corrected chi connectivity index (χ4v) is 4.82. The SMILES string of the molecule is CCCCN(CC(=O)N(CCc1c[nH]c2ccccc12)Cc1ccccc1)C(=O)c1cc(C(F)(F)F)cc(C(F)(F)F)c1. The van der Waals surface area contributed by atoms with E-state index >= 15 is 0 Å². The van der Waals surface area contributed by atoms with E-state index in [9.17, 15) is 35.9 Å². The van der Waals surface area contributed by atoms with Crippen LogP contribution in [0.4, 0.5) is 26.3 Å². The second-order valence-corrected chi connectivity index (χ2v) is 10.3. The first-order valence-electron chi connectivity index (χ1n) is 13.8. The van der Waals surface area contributed by atoms with E-state index in [1.54, 1.807) is 4.90 Å². The van der Waals surface area contributed by atoms with Crippen molar-refractivity contribution < 1.29 is 35.9 Å². The van der Waals surface area contributed by atoms with Crippen molar-refractivity contribution in [3.8, 4) is 0 Å². The van der Waals surface area contributed by atoms with E-state index in [4.69, 9.17) is 0 Å². The summed E-state index contributed by atoms with van der Waals surface area (Å²) in [5.41, 5.74) is -1.21. The Morgan fingerprint density at radius 3 is 2.05 bits per heavy atom. The van der Waals surface area contributed by atoms with Gasteiger partial charge in [0, 0.05) is 42.3 Å². The van der Waals surface area contributed by atoms with Gasteiger partial charge in [0.05, 0.1) is 11.1 Å². The fourth-order valence-electron chi connectivity index (χ4n) is 4.82. The van der Waals surface area contributed by atoms with E-state index in [1.807, 2.05) is 67.7 Å². The van der Waals surface area contributed by atoms with Crippen LogP contribution < -0.4 is 0 Å². The molecule has 228 valence electrons. The third-order valence-corrected chi connectivity index (χ3v) is 7.12. The third-order valence-electron chi connectivity index (χ3n) is 7.12. The van der Waals surface area contributed by atoms with Gasteiger partial charge in [0.25, 0.3) is 5.91 Å². The lowest BCUT2D eigenvalue weighted by Gasteiger charge is -2.28. The van der Waals surface area contributed by atoms with Crippen LogP contribution in [0.15, 0.2) is 79.0 Å². The Bertz CT molecular complexity index is 1510. The molecule has 1 N–H and O–H groups in total. The molecule has 0 saturated heterocycles. The molecule has 0 fully saturated rings. The number of nitrogens with zero attached hydrogens (tertiary/aromatic N) is 2. The van der Waals surface area contributed by atoms with Crippen LogP contribution in [0, 0.1) is 0 Å². The van der Waals surface area contributed by atoms with Gasteiger partial charge in [0.1, 0.15) is 6.54 Å². The Balaban J connectivity index is 1.61. The number of carbonyl (C=O) groups excluding carboxylic acids is 2. The third kappa shape index (κ3) is 8.18. The van der Waals surface area contributed by atoms with E-state index in [-0.39, 0.29) is 25.7 Å². The Morgan fingerprint density at radius 2 is 1.42 bits per heavy atom. The van der Waals surface area contributed by atoms with Gasteiger partial charge < -0.3 is 14.8 Å². The summed E-state index contributed by atoms with van der Waals surface area (Å²) in [7, 11) is 0. The number of fused-ring (bicyclic) bond motifs is 1. The minimum Gasteiger partial charge on any atom is -0.361 e. The van der Waals surface area contributed by atoms with Crippen LogP contribution >= 0.6 is 0 Å². The van der Waals surface area contributed by atoms with Crippen molar-refractivity contribution in [2.45, 2.75) is 45.1 Å². The molecule has 1 aromatic heterocycles. The average Bonchev–Trinajstić information content (AvgIpc) is 3.39. The van der Waals surface area contributed by atoms with Crippen molar-refractivity contribution in [1.29, 1.82) is 0 Å². The molecule has 0 saturated carbocycles. The van der Waals surface area contributed by atoms with Crippen molar-refractivity contribution in [3.05, 3.63) is 107 Å². The number of amides is 2. The van der Waals surface area contributed by atoms with Gasteiger partial charge in [-0.05, 0) is 48.2 Å². The maximum absolute atomic E-state index is 13.7. The first-order valence-corrected chi connectivity index (χ1v) is 13.8. The fraction of sp³-hybridized carbons (Fsp3) is 0.312. The summed E-state index contributed by atoms with van der Waals surface area (Å²) in [4.78, 5) is 32.9. The molecular formula is C32H31F6N3O2. The van der Waals surface area contributed by atoms with Gasteiger partial charge in [0.2, 0.25) is 5.91 Å². The van der Waals surface area contributed by atoms with Crippen molar-refractivity contribution in [2.75, 3.05) is 19.6 Å². The second-order valence-electron chi connectivity index (χ2n) is 10.3. The number of nitrogens with one attached hydrogen (secondary N) is 1. The number of aromatic amines is 1. The highest BCUT2D eigenvalue weighted by molar-refractivity contribution is 5.97. The predicted octanol–water partition coefficient (Wildman–Crippen LogP) is 7.72. The normalized spacial score (nSPS) is 12.0. The van der Waals surface area contributed by atoms with Gasteiger partial charge in [0.15, 0.2) is 0 Å². The first-order chi connectivity index (χ1) is 20.4. The molecule has 0 unspecified atom stereocenters. The number of aromatic nitrogens is 1. The number of benzene rings is 3. The number of para-hydroxylation sites is 1. The zero-order chi connectivity index (χ0) is 31.2. The van der Waals surface area contributed by atoms with Gasteiger partial charge in [-0.15, -0.1) is 0 Å². The summed E-state index contributed by atoms with van der Waals surface area (Å²) in [5.74, 6) is -1.55. The molecule has 2 amide bonds. The molecule has 4 rings (SSSR count). The summed E-state index contributed by atoms with van der Waals surface area (Å²) < 4.78 is 80.8. The maximum atomic E-state index is 13.7. The number of halogens is 6. The second kappa shape index (κ2) is 13.4. The molecule has 0 bridgehead atoms. The van der Waals surface area contributed by atoms with E-state index in [0.29, 0.717) is 31.4 Å². The van der Waals surface area contributed by atoms with Crippen molar-refractivity contribution in [1.82, 2.24) is 14.8 Å². The Morgan fingerprint density at radius 1 is 0.791 bits per heavy atom. The molecule has 5 nitrogen and oxygen atoms in total. The van der Waals surface area contributed by atoms with Gasteiger partial charge in [-0.3, -0.25) is 9.59 Å². The number of hydrogen-bond acceptors (Lipinski definition) is 2. The largest absolute Gasteiger partial charge is 0.416 e. The molecule has 0 aliphatic heterocycles. The van der Waals surface area contributed by atoms with Crippen LogP contribution in [0.5, 0.6) is 0 Å². The van der Waals surface area contributed by atoms with E-state index < -0.39 is 47.4 Å². The first kappa shape index (κ1) is 31.7. The zero-order valence-electron chi connectivity index (χ0n) is 23.4. The maximum Gasteiger partial charge on any atom is 0.416 e. The molecule has 0 aliphatic rings. The average molecular weight is 604 g/mol. The minimum atomic E-state index is -5.10. The van der Waals surface area contributed by atoms with Crippen LogP contribution in [0.25, 0.3) is 10.9 Å². The Kier molecular flexibility index (Phi) is 9.83. The molecule has 0 aliphatic carbocycles. The lowest BCUT2D eigenvalue weighted by atomic mass is 10.0.